The minimum atomic E-state index is -0.160. The van der Waals surface area contributed by atoms with Gasteiger partial charge in [0.1, 0.15) is 5.40 Å². The highest BCUT2D eigenvalue weighted by Crippen LogP contribution is 2.28. The van der Waals surface area contributed by atoms with Crippen LogP contribution < -0.4 is 5.32 Å². The van der Waals surface area contributed by atoms with Crippen LogP contribution in [0.1, 0.15) is 16.7 Å². The van der Waals surface area contributed by atoms with Crippen molar-refractivity contribution in [1.29, 1.82) is 5.26 Å². The number of carbonyl (C=O) groups excluding carboxylic acids is 1. The summed E-state index contributed by atoms with van der Waals surface area (Å²) in [4.78, 5) is 13.2. The van der Waals surface area contributed by atoms with Crippen LogP contribution in [0.4, 0.5) is 5.69 Å². The summed E-state index contributed by atoms with van der Waals surface area (Å²) in [5.74, 6) is 0.426. The number of thioether (sulfide) groups is 2. The van der Waals surface area contributed by atoms with Crippen LogP contribution >= 0.6 is 23.5 Å². The molecule has 3 rings (SSSR count). The molecule has 0 bridgehead atoms. The first-order valence-corrected chi connectivity index (χ1v) is 10.3. The average Bonchev–Trinajstić information content (AvgIpc) is 3.13. The monoisotopic (exact) mass is 410 g/mol. The third-order valence-corrected chi connectivity index (χ3v) is 5.35. The van der Waals surface area contributed by atoms with E-state index in [4.69, 9.17) is 9.68 Å². The summed E-state index contributed by atoms with van der Waals surface area (Å²) in [5, 5.41) is 22.2. The van der Waals surface area contributed by atoms with Crippen molar-refractivity contribution in [1.82, 2.24) is 10.2 Å². The largest absolute Gasteiger partial charge is 0.411 e. The molecule has 0 fully saturated rings. The third kappa shape index (κ3) is 4.94. The number of anilines is 1. The fourth-order valence-electron chi connectivity index (χ4n) is 2.62. The molecule has 0 aliphatic heterocycles. The van der Waals surface area contributed by atoms with E-state index < -0.39 is 0 Å². The summed E-state index contributed by atoms with van der Waals surface area (Å²) < 4.78 is 5.63. The molecule has 8 heteroatoms. The van der Waals surface area contributed by atoms with Gasteiger partial charge in [-0.15, -0.1) is 10.2 Å². The number of nitrogens with zero attached hydrogens (tertiary/aromatic N) is 3. The van der Waals surface area contributed by atoms with Gasteiger partial charge in [-0.1, -0.05) is 29.5 Å². The average molecular weight is 411 g/mol. The molecule has 0 radical (unpaired) electrons. The first-order valence-electron chi connectivity index (χ1n) is 8.46. The quantitative estimate of drug-likeness (QED) is 0.453. The Labute approximate surface area is 171 Å². The zero-order chi connectivity index (χ0) is 20.1. The number of benzene rings is 2. The lowest BCUT2D eigenvalue weighted by molar-refractivity contribution is -0.113. The topological polar surface area (TPSA) is 91.8 Å². The molecule has 0 spiro atoms. The van der Waals surface area contributed by atoms with Crippen molar-refractivity contribution in [3.63, 3.8) is 0 Å². The van der Waals surface area contributed by atoms with E-state index in [0.717, 1.165) is 44.6 Å². The van der Waals surface area contributed by atoms with E-state index in [2.05, 4.69) is 20.9 Å². The van der Waals surface area contributed by atoms with E-state index in [1.165, 1.54) is 11.8 Å². The van der Waals surface area contributed by atoms with E-state index >= 15 is 0 Å². The second kappa shape index (κ2) is 8.95. The summed E-state index contributed by atoms with van der Waals surface area (Å²) in [7, 11) is 0. The van der Waals surface area contributed by atoms with E-state index in [0.29, 0.717) is 11.1 Å². The van der Waals surface area contributed by atoms with Crippen molar-refractivity contribution in [2.75, 3.05) is 11.1 Å². The molecule has 0 aliphatic carbocycles. The van der Waals surface area contributed by atoms with Crippen LogP contribution in [0.2, 0.25) is 0 Å². The van der Waals surface area contributed by atoms with Crippen LogP contribution in [0.5, 0.6) is 0 Å². The van der Waals surface area contributed by atoms with Crippen LogP contribution in [0.3, 0.4) is 0 Å². The van der Waals surface area contributed by atoms with Crippen molar-refractivity contribution in [2.24, 2.45) is 0 Å². The molecule has 1 heterocycles. The number of hydrogen-bond donors (Lipinski definition) is 1. The lowest BCUT2D eigenvalue weighted by atomic mass is 10.1. The van der Waals surface area contributed by atoms with Crippen LogP contribution in [0.15, 0.2) is 50.9 Å². The van der Waals surface area contributed by atoms with Gasteiger partial charge in [0.15, 0.2) is 0 Å². The van der Waals surface area contributed by atoms with Gasteiger partial charge in [-0.25, -0.2) is 0 Å². The lowest BCUT2D eigenvalue weighted by Crippen LogP contribution is -2.15. The zero-order valence-electron chi connectivity index (χ0n) is 15.6. The molecule has 0 saturated heterocycles. The molecule has 0 aliphatic rings. The van der Waals surface area contributed by atoms with Gasteiger partial charge in [0, 0.05) is 16.1 Å². The van der Waals surface area contributed by atoms with Crippen LogP contribution in [-0.4, -0.2) is 21.9 Å². The van der Waals surface area contributed by atoms with E-state index in [-0.39, 0.29) is 11.7 Å². The molecule has 142 valence electrons. The summed E-state index contributed by atoms with van der Waals surface area (Å²) in [6.45, 7) is 5.82. The number of hydrogen-bond acceptors (Lipinski definition) is 7. The molecule has 3 aromatic rings. The summed E-state index contributed by atoms with van der Waals surface area (Å²) in [6.07, 6.45) is 0. The third-order valence-electron chi connectivity index (χ3n) is 3.97. The van der Waals surface area contributed by atoms with Gasteiger partial charge in [-0.05, 0) is 67.9 Å². The Kier molecular flexibility index (Phi) is 6.39. The maximum Gasteiger partial charge on any atom is 0.277 e. The van der Waals surface area contributed by atoms with Gasteiger partial charge in [0.25, 0.3) is 5.22 Å². The molecule has 0 unspecified atom stereocenters. The van der Waals surface area contributed by atoms with E-state index in [1.807, 2.05) is 57.2 Å². The fraction of sp³-hybridized carbons (Fsp3) is 0.200. The van der Waals surface area contributed by atoms with Crippen LogP contribution in [-0.2, 0) is 4.79 Å². The van der Waals surface area contributed by atoms with Gasteiger partial charge in [-0.2, -0.15) is 5.26 Å². The highest BCUT2D eigenvalue weighted by molar-refractivity contribution is 8.03. The predicted octanol–water partition coefficient (Wildman–Crippen LogP) is 4.97. The second-order valence-electron chi connectivity index (χ2n) is 6.20. The first kappa shape index (κ1) is 20.0. The van der Waals surface area contributed by atoms with Gasteiger partial charge < -0.3 is 9.73 Å². The van der Waals surface area contributed by atoms with Crippen molar-refractivity contribution in [3.8, 4) is 16.9 Å². The second-order valence-corrected chi connectivity index (χ2v) is 7.99. The van der Waals surface area contributed by atoms with Crippen molar-refractivity contribution in [3.05, 3.63) is 53.1 Å². The predicted molar refractivity (Wildman–Crippen MR) is 111 cm³/mol. The van der Waals surface area contributed by atoms with Crippen molar-refractivity contribution < 1.29 is 9.21 Å². The van der Waals surface area contributed by atoms with Crippen molar-refractivity contribution in [2.45, 2.75) is 30.9 Å². The maximum atomic E-state index is 12.3. The number of aryl methyl sites for hydroxylation is 3. The number of aromatic nitrogens is 2. The Balaban J connectivity index is 1.61. The molecular formula is C20H18N4O2S2. The molecule has 1 amide bonds. The number of carbonyl (C=O) groups is 1. The summed E-state index contributed by atoms with van der Waals surface area (Å²) in [5.41, 5.74) is 4.58. The number of nitrogens with one attached hydrogen (secondary N) is 1. The number of nitriles is 1. The highest BCUT2D eigenvalue weighted by atomic mass is 32.2. The SMILES string of the molecule is Cc1ccc(-c2nnc(SCC(=O)Nc3c(C)cc(SC#N)cc3C)o2)cc1. The molecule has 6 nitrogen and oxygen atoms in total. The summed E-state index contributed by atoms with van der Waals surface area (Å²) >= 11 is 2.29. The normalized spacial score (nSPS) is 10.5. The van der Waals surface area contributed by atoms with E-state index in [1.54, 1.807) is 0 Å². The Hall–Kier alpha value is -2.76. The van der Waals surface area contributed by atoms with Crippen molar-refractivity contribution >= 4 is 35.1 Å². The minimum Gasteiger partial charge on any atom is -0.411 e. The fourth-order valence-corrected chi connectivity index (χ4v) is 3.76. The molecule has 1 aromatic heterocycles. The Morgan fingerprint density at radius 1 is 1.14 bits per heavy atom. The Morgan fingerprint density at radius 2 is 1.82 bits per heavy atom. The highest BCUT2D eigenvalue weighted by Gasteiger charge is 2.13. The Bertz CT molecular complexity index is 1020. The van der Waals surface area contributed by atoms with Gasteiger partial charge in [0.05, 0.1) is 5.75 Å². The molecular weight excluding hydrogens is 392 g/mol. The minimum absolute atomic E-state index is 0.156. The standard InChI is InChI=1S/C20H18N4O2S2/c1-12-4-6-15(7-5-12)19-23-24-20(26-19)27-10-17(25)22-18-13(2)8-16(28-11-21)9-14(18)3/h4-9H,10H2,1-3H3,(H,22,25). The van der Waals surface area contributed by atoms with Gasteiger partial charge >= 0.3 is 0 Å². The molecule has 1 N–H and O–H groups in total. The maximum absolute atomic E-state index is 12.3. The molecule has 28 heavy (non-hydrogen) atoms. The lowest BCUT2D eigenvalue weighted by Gasteiger charge is -2.12. The molecule has 0 saturated carbocycles. The Morgan fingerprint density at radius 3 is 2.46 bits per heavy atom. The van der Waals surface area contributed by atoms with Gasteiger partial charge in [0.2, 0.25) is 11.8 Å². The summed E-state index contributed by atoms with van der Waals surface area (Å²) in [6, 6.07) is 11.6. The molecule has 2 aromatic carbocycles. The first-order chi connectivity index (χ1) is 13.5. The van der Waals surface area contributed by atoms with Gasteiger partial charge in [-0.3, -0.25) is 4.79 Å². The zero-order valence-corrected chi connectivity index (χ0v) is 17.3. The smallest absolute Gasteiger partial charge is 0.277 e. The number of rotatable bonds is 6. The van der Waals surface area contributed by atoms with Crippen LogP contribution in [0.25, 0.3) is 11.5 Å². The molecule has 0 atom stereocenters. The van der Waals surface area contributed by atoms with E-state index in [9.17, 15) is 4.79 Å². The number of thiocyanates is 1. The number of amides is 1. The van der Waals surface area contributed by atoms with Crippen LogP contribution in [0, 0.1) is 31.4 Å².